The Morgan fingerprint density at radius 1 is 1.32 bits per heavy atom. The van der Waals surface area contributed by atoms with Crippen LogP contribution in [0.1, 0.15) is 32.1 Å². The van der Waals surface area contributed by atoms with Crippen molar-refractivity contribution < 1.29 is 4.74 Å². The van der Waals surface area contributed by atoms with E-state index in [2.05, 4.69) is 28.1 Å². The number of ether oxygens (including phenoxy) is 1. The molecule has 0 amide bonds. The molecule has 1 aromatic carbocycles. The maximum Gasteiger partial charge on any atom is 0.137 e. The second-order valence-electron chi connectivity index (χ2n) is 4.71. The van der Waals surface area contributed by atoms with Gasteiger partial charge in [0.05, 0.1) is 17.0 Å². The minimum atomic E-state index is 0.214. The zero-order valence-electron chi connectivity index (χ0n) is 10.6. The number of methoxy groups -OCH3 is 1. The predicted octanol–water partition coefficient (Wildman–Crippen LogP) is 5.38. The molecule has 0 spiro atoms. The first-order chi connectivity index (χ1) is 9.19. The molecule has 4 heteroatoms. The minimum Gasteiger partial charge on any atom is -0.495 e. The van der Waals surface area contributed by atoms with Crippen molar-refractivity contribution in [2.24, 2.45) is 0 Å². The van der Waals surface area contributed by atoms with Crippen LogP contribution in [-0.2, 0) is 12.8 Å². The molecule has 0 bridgehead atoms. The van der Waals surface area contributed by atoms with Crippen LogP contribution < -0.4 is 4.74 Å². The first kappa shape index (κ1) is 13.5. The number of benzene rings is 1. The average Bonchev–Trinajstić information content (AvgIpc) is 2.98. The van der Waals surface area contributed by atoms with E-state index in [9.17, 15) is 0 Å². The van der Waals surface area contributed by atoms with E-state index in [1.807, 2.05) is 23.5 Å². The number of alkyl halides is 1. The number of hydrogen-bond donors (Lipinski definition) is 0. The summed E-state index contributed by atoms with van der Waals surface area (Å²) in [6, 6.07) is 8.30. The summed E-state index contributed by atoms with van der Waals surface area (Å²) >= 11 is 11.9. The van der Waals surface area contributed by atoms with E-state index >= 15 is 0 Å². The molecule has 0 radical (unpaired) electrons. The lowest BCUT2D eigenvalue weighted by atomic mass is 10.1. The third kappa shape index (κ3) is 2.56. The van der Waals surface area contributed by atoms with E-state index in [1.54, 1.807) is 12.0 Å². The van der Waals surface area contributed by atoms with Gasteiger partial charge in [0.25, 0.3) is 0 Å². The Morgan fingerprint density at radius 3 is 2.84 bits per heavy atom. The molecule has 0 N–H and O–H groups in total. The van der Waals surface area contributed by atoms with Crippen LogP contribution in [0.2, 0.25) is 5.02 Å². The maximum atomic E-state index is 6.19. The molecule has 0 fully saturated rings. The highest BCUT2D eigenvalue weighted by molar-refractivity contribution is 9.09. The highest BCUT2D eigenvalue weighted by Crippen LogP contribution is 2.41. The molecule has 0 aliphatic heterocycles. The van der Waals surface area contributed by atoms with E-state index in [1.165, 1.54) is 35.3 Å². The predicted molar refractivity (Wildman–Crippen MR) is 85.1 cm³/mol. The lowest BCUT2D eigenvalue weighted by Crippen LogP contribution is -1.92. The third-order valence-electron chi connectivity index (χ3n) is 3.48. The fourth-order valence-electron chi connectivity index (χ4n) is 2.48. The van der Waals surface area contributed by atoms with Gasteiger partial charge in [-0.25, -0.2) is 0 Å². The molecule has 100 valence electrons. The van der Waals surface area contributed by atoms with Crippen LogP contribution in [0.4, 0.5) is 0 Å². The van der Waals surface area contributed by atoms with Crippen molar-refractivity contribution in [1.82, 2.24) is 0 Å². The molecule has 2 aromatic rings. The van der Waals surface area contributed by atoms with Crippen LogP contribution in [0, 0.1) is 0 Å². The number of aryl methyl sites for hydroxylation is 2. The van der Waals surface area contributed by atoms with E-state index in [-0.39, 0.29) is 4.83 Å². The van der Waals surface area contributed by atoms with Crippen molar-refractivity contribution in [1.29, 1.82) is 0 Å². The van der Waals surface area contributed by atoms with Crippen molar-refractivity contribution in [3.8, 4) is 5.75 Å². The van der Waals surface area contributed by atoms with Crippen molar-refractivity contribution in [2.75, 3.05) is 7.11 Å². The van der Waals surface area contributed by atoms with Gasteiger partial charge in [0.2, 0.25) is 0 Å². The van der Waals surface area contributed by atoms with Gasteiger partial charge in [-0.1, -0.05) is 33.6 Å². The SMILES string of the molecule is COc1ccc(C(Br)c2cc3c(s2)CCC3)cc1Cl. The van der Waals surface area contributed by atoms with Gasteiger partial charge >= 0.3 is 0 Å². The Bertz CT molecular complexity index is 587. The monoisotopic (exact) mass is 356 g/mol. The topological polar surface area (TPSA) is 9.23 Å². The molecule has 1 unspecified atom stereocenters. The number of hydrogen-bond acceptors (Lipinski definition) is 2. The number of fused-ring (bicyclic) bond motifs is 1. The molecule has 1 atom stereocenters. The van der Waals surface area contributed by atoms with Crippen LogP contribution in [0.3, 0.4) is 0 Å². The van der Waals surface area contributed by atoms with Crippen LogP contribution in [0.25, 0.3) is 0 Å². The molecule has 1 nitrogen and oxygen atoms in total. The van der Waals surface area contributed by atoms with Crippen LogP contribution >= 0.6 is 38.9 Å². The standard InChI is InChI=1S/C15H14BrClOS/c1-18-12-6-5-10(7-11(12)17)15(16)14-8-9-3-2-4-13(9)19-14/h5-8,15H,2-4H2,1H3. The summed E-state index contributed by atoms with van der Waals surface area (Å²) in [7, 11) is 1.64. The second kappa shape index (κ2) is 5.47. The molecule has 3 rings (SSSR count). The van der Waals surface area contributed by atoms with Gasteiger partial charge in [-0.05, 0) is 48.6 Å². The van der Waals surface area contributed by atoms with E-state index in [4.69, 9.17) is 16.3 Å². The maximum absolute atomic E-state index is 6.19. The molecule has 1 aliphatic rings. The lowest BCUT2D eigenvalue weighted by molar-refractivity contribution is 0.415. The van der Waals surface area contributed by atoms with E-state index < -0.39 is 0 Å². The second-order valence-corrected chi connectivity index (χ2v) is 7.20. The molecule has 1 aliphatic carbocycles. The summed E-state index contributed by atoms with van der Waals surface area (Å²) in [6.07, 6.45) is 3.78. The van der Waals surface area contributed by atoms with Crippen molar-refractivity contribution in [3.05, 3.63) is 50.2 Å². The molecule has 1 heterocycles. The van der Waals surface area contributed by atoms with Gasteiger partial charge in [-0.3, -0.25) is 0 Å². The number of halogens is 2. The average molecular weight is 358 g/mol. The molecular formula is C15H14BrClOS. The molecular weight excluding hydrogens is 344 g/mol. The lowest BCUT2D eigenvalue weighted by Gasteiger charge is -2.10. The van der Waals surface area contributed by atoms with Crippen molar-refractivity contribution in [3.63, 3.8) is 0 Å². The number of thiophene rings is 1. The first-order valence-corrected chi connectivity index (χ1v) is 8.39. The molecule has 0 saturated carbocycles. The fourth-order valence-corrected chi connectivity index (χ4v) is 4.71. The Labute approximate surface area is 130 Å². The van der Waals surface area contributed by atoms with Crippen LogP contribution in [-0.4, -0.2) is 7.11 Å². The Hall–Kier alpha value is -0.510. The summed E-state index contributed by atoms with van der Waals surface area (Å²) in [6.45, 7) is 0. The van der Waals surface area contributed by atoms with E-state index in [0.717, 1.165) is 5.75 Å². The summed E-state index contributed by atoms with van der Waals surface area (Å²) in [4.78, 5) is 3.14. The van der Waals surface area contributed by atoms with Gasteiger partial charge in [-0.2, -0.15) is 0 Å². The highest BCUT2D eigenvalue weighted by Gasteiger charge is 2.20. The van der Waals surface area contributed by atoms with E-state index in [0.29, 0.717) is 5.02 Å². The summed E-state index contributed by atoms with van der Waals surface area (Å²) in [5.41, 5.74) is 2.70. The van der Waals surface area contributed by atoms with Crippen LogP contribution in [0.15, 0.2) is 24.3 Å². The Kier molecular flexibility index (Phi) is 3.88. The van der Waals surface area contributed by atoms with Gasteiger partial charge in [0.15, 0.2) is 0 Å². The third-order valence-corrected chi connectivity index (χ3v) is 6.41. The molecule has 1 aromatic heterocycles. The normalized spacial score (nSPS) is 15.3. The quantitative estimate of drug-likeness (QED) is 0.670. The molecule has 19 heavy (non-hydrogen) atoms. The molecule has 0 saturated heterocycles. The van der Waals surface area contributed by atoms with Gasteiger partial charge in [0, 0.05) is 9.75 Å². The summed E-state index contributed by atoms with van der Waals surface area (Å²) < 4.78 is 5.19. The summed E-state index contributed by atoms with van der Waals surface area (Å²) in [5, 5.41) is 0.661. The Balaban J connectivity index is 1.90. The Morgan fingerprint density at radius 2 is 2.16 bits per heavy atom. The van der Waals surface area contributed by atoms with Crippen LogP contribution in [0.5, 0.6) is 5.75 Å². The zero-order valence-corrected chi connectivity index (χ0v) is 13.7. The van der Waals surface area contributed by atoms with Crippen molar-refractivity contribution in [2.45, 2.75) is 24.1 Å². The minimum absolute atomic E-state index is 0.214. The van der Waals surface area contributed by atoms with Crippen molar-refractivity contribution >= 4 is 38.9 Å². The van der Waals surface area contributed by atoms with Gasteiger partial charge < -0.3 is 4.74 Å². The fraction of sp³-hybridized carbons (Fsp3) is 0.333. The zero-order chi connectivity index (χ0) is 13.4. The summed E-state index contributed by atoms with van der Waals surface area (Å²) in [5.74, 6) is 0.721. The van der Waals surface area contributed by atoms with Gasteiger partial charge in [0.1, 0.15) is 5.75 Å². The number of rotatable bonds is 3. The first-order valence-electron chi connectivity index (χ1n) is 6.28. The smallest absolute Gasteiger partial charge is 0.137 e. The van der Waals surface area contributed by atoms with Gasteiger partial charge in [-0.15, -0.1) is 11.3 Å². The largest absolute Gasteiger partial charge is 0.495 e. The highest BCUT2D eigenvalue weighted by atomic mass is 79.9.